The fourth-order valence-electron chi connectivity index (χ4n) is 2.92. The molecule has 0 saturated carbocycles. The van der Waals surface area contributed by atoms with Crippen molar-refractivity contribution >= 4 is 11.0 Å². The number of quaternary nitrogens is 1. The Morgan fingerprint density at radius 3 is 3.18 bits per heavy atom. The van der Waals surface area contributed by atoms with Crippen LogP contribution in [0.25, 0.3) is 11.0 Å². The van der Waals surface area contributed by atoms with E-state index in [1.165, 1.54) is 31.4 Å². The van der Waals surface area contributed by atoms with Gasteiger partial charge in [-0.3, -0.25) is 4.57 Å². The number of hydrogen-bond acceptors (Lipinski definition) is 1. The number of nitrogens with one attached hydrogen (secondary N) is 1. The van der Waals surface area contributed by atoms with E-state index in [2.05, 4.69) is 40.7 Å². The van der Waals surface area contributed by atoms with Crippen molar-refractivity contribution in [3.05, 3.63) is 30.6 Å². The van der Waals surface area contributed by atoms with Gasteiger partial charge in [-0.15, -0.1) is 0 Å². The van der Waals surface area contributed by atoms with E-state index in [9.17, 15) is 0 Å². The second-order valence-electron chi connectivity index (χ2n) is 5.31. The fourth-order valence-corrected chi connectivity index (χ4v) is 2.92. The van der Waals surface area contributed by atoms with Crippen LogP contribution in [0.3, 0.4) is 0 Å². The molecule has 2 atom stereocenters. The molecule has 1 aliphatic rings. The number of imidazole rings is 1. The standard InChI is InChI=1S/C14H19N3/c1-12-5-4-8-16(9-12)11-17-10-15-13-6-2-3-7-14(13)17/h2-3,6-7,10,12H,4-5,8-9,11H2,1H3/p+1/t12-/m1/s1. The summed E-state index contributed by atoms with van der Waals surface area (Å²) in [6, 6.07) is 8.39. The predicted molar refractivity (Wildman–Crippen MR) is 68.8 cm³/mol. The van der Waals surface area contributed by atoms with Gasteiger partial charge in [0.05, 0.1) is 24.1 Å². The Bertz CT molecular complexity index is 503. The summed E-state index contributed by atoms with van der Waals surface area (Å²) in [7, 11) is 0. The Hall–Kier alpha value is -1.35. The minimum Gasteiger partial charge on any atom is -0.317 e. The summed E-state index contributed by atoms with van der Waals surface area (Å²) in [4.78, 5) is 6.14. The molecular weight excluding hydrogens is 210 g/mol. The van der Waals surface area contributed by atoms with Crippen molar-refractivity contribution in [2.75, 3.05) is 13.1 Å². The number of likely N-dealkylation sites (tertiary alicyclic amines) is 1. The molecule has 1 saturated heterocycles. The molecular formula is C14H20N3+. The summed E-state index contributed by atoms with van der Waals surface area (Å²) in [5.74, 6) is 0.869. The van der Waals surface area contributed by atoms with E-state index in [1.54, 1.807) is 4.90 Å². The van der Waals surface area contributed by atoms with Gasteiger partial charge in [0.25, 0.3) is 0 Å². The summed E-state index contributed by atoms with van der Waals surface area (Å²) in [5, 5.41) is 0. The van der Waals surface area contributed by atoms with E-state index >= 15 is 0 Å². The molecule has 3 heteroatoms. The normalized spacial score (nSPS) is 25.2. The van der Waals surface area contributed by atoms with E-state index in [-0.39, 0.29) is 0 Å². The summed E-state index contributed by atoms with van der Waals surface area (Å²) in [6.07, 6.45) is 4.74. The first-order valence-corrected chi connectivity index (χ1v) is 6.56. The summed E-state index contributed by atoms with van der Waals surface area (Å²) in [6.45, 7) is 6.03. The van der Waals surface area contributed by atoms with Crippen LogP contribution in [-0.4, -0.2) is 22.6 Å². The minimum absolute atomic E-state index is 0.869. The predicted octanol–water partition coefficient (Wildman–Crippen LogP) is 1.31. The lowest BCUT2D eigenvalue weighted by Crippen LogP contribution is -3.12. The van der Waals surface area contributed by atoms with Crippen molar-refractivity contribution in [3.8, 4) is 0 Å². The van der Waals surface area contributed by atoms with Gasteiger partial charge in [0, 0.05) is 5.92 Å². The number of para-hydroxylation sites is 2. The van der Waals surface area contributed by atoms with Gasteiger partial charge in [-0.25, -0.2) is 4.98 Å². The molecule has 2 heterocycles. The van der Waals surface area contributed by atoms with Gasteiger partial charge in [-0.1, -0.05) is 19.1 Å². The highest BCUT2D eigenvalue weighted by Gasteiger charge is 2.20. The van der Waals surface area contributed by atoms with Gasteiger partial charge in [0.1, 0.15) is 6.33 Å². The molecule has 0 radical (unpaired) electrons. The maximum Gasteiger partial charge on any atom is 0.158 e. The van der Waals surface area contributed by atoms with Gasteiger partial charge in [-0.05, 0) is 25.0 Å². The molecule has 1 aliphatic heterocycles. The number of piperidine rings is 1. The third-order valence-corrected chi connectivity index (χ3v) is 3.79. The van der Waals surface area contributed by atoms with Crippen molar-refractivity contribution in [2.24, 2.45) is 5.92 Å². The van der Waals surface area contributed by atoms with E-state index < -0.39 is 0 Å². The van der Waals surface area contributed by atoms with Gasteiger partial charge in [0.2, 0.25) is 0 Å². The molecule has 0 bridgehead atoms. The van der Waals surface area contributed by atoms with E-state index in [0.717, 1.165) is 18.1 Å². The Morgan fingerprint density at radius 2 is 2.29 bits per heavy atom. The maximum absolute atomic E-state index is 4.45. The number of fused-ring (bicyclic) bond motifs is 1. The summed E-state index contributed by atoms with van der Waals surface area (Å²) >= 11 is 0. The van der Waals surface area contributed by atoms with Crippen molar-refractivity contribution < 1.29 is 4.90 Å². The van der Waals surface area contributed by atoms with Crippen LogP contribution < -0.4 is 4.90 Å². The van der Waals surface area contributed by atoms with Gasteiger partial charge >= 0.3 is 0 Å². The zero-order valence-electron chi connectivity index (χ0n) is 10.4. The molecule has 1 aromatic carbocycles. The quantitative estimate of drug-likeness (QED) is 0.825. The Balaban J connectivity index is 1.80. The maximum atomic E-state index is 4.45. The second-order valence-corrected chi connectivity index (χ2v) is 5.31. The number of nitrogens with zero attached hydrogens (tertiary/aromatic N) is 2. The molecule has 1 aromatic heterocycles. The summed E-state index contributed by atoms with van der Waals surface area (Å²) in [5.41, 5.74) is 2.37. The van der Waals surface area contributed by atoms with Crippen molar-refractivity contribution in [2.45, 2.75) is 26.4 Å². The highest BCUT2D eigenvalue weighted by atomic mass is 15.3. The minimum atomic E-state index is 0.869. The fraction of sp³-hybridized carbons (Fsp3) is 0.500. The average Bonchev–Trinajstić information content (AvgIpc) is 2.73. The lowest BCUT2D eigenvalue weighted by atomic mass is 10.0. The van der Waals surface area contributed by atoms with Crippen LogP contribution in [0, 0.1) is 5.92 Å². The monoisotopic (exact) mass is 230 g/mol. The van der Waals surface area contributed by atoms with Crippen LogP contribution in [0.4, 0.5) is 0 Å². The number of hydrogen-bond donors (Lipinski definition) is 1. The highest BCUT2D eigenvalue weighted by Crippen LogP contribution is 2.11. The molecule has 3 nitrogen and oxygen atoms in total. The van der Waals surface area contributed by atoms with Crippen molar-refractivity contribution in [3.63, 3.8) is 0 Å². The number of aromatic nitrogens is 2. The first kappa shape index (κ1) is 10.8. The summed E-state index contributed by atoms with van der Waals surface area (Å²) < 4.78 is 2.29. The third-order valence-electron chi connectivity index (χ3n) is 3.79. The topological polar surface area (TPSA) is 22.3 Å². The Labute approximate surface area is 102 Å². The molecule has 1 fully saturated rings. The van der Waals surface area contributed by atoms with Gasteiger partial charge in [-0.2, -0.15) is 0 Å². The molecule has 3 rings (SSSR count). The number of benzene rings is 1. The van der Waals surface area contributed by atoms with Crippen LogP contribution >= 0.6 is 0 Å². The van der Waals surface area contributed by atoms with Crippen LogP contribution in [0.2, 0.25) is 0 Å². The van der Waals surface area contributed by atoms with Crippen LogP contribution in [0.15, 0.2) is 30.6 Å². The SMILES string of the molecule is C[C@@H]1CCC[NH+](Cn2cnc3ccccc32)C1. The first-order chi connectivity index (χ1) is 8.33. The largest absolute Gasteiger partial charge is 0.317 e. The first-order valence-electron chi connectivity index (χ1n) is 6.56. The van der Waals surface area contributed by atoms with E-state index in [1.807, 2.05) is 6.33 Å². The molecule has 0 aliphatic carbocycles. The third kappa shape index (κ3) is 2.20. The van der Waals surface area contributed by atoms with Crippen LogP contribution in [0.1, 0.15) is 19.8 Å². The molecule has 2 aromatic rings. The molecule has 1 unspecified atom stereocenters. The van der Waals surface area contributed by atoms with E-state index in [0.29, 0.717) is 0 Å². The Morgan fingerprint density at radius 1 is 1.41 bits per heavy atom. The molecule has 0 amide bonds. The zero-order valence-corrected chi connectivity index (χ0v) is 10.4. The molecule has 17 heavy (non-hydrogen) atoms. The van der Waals surface area contributed by atoms with Gasteiger partial charge in [0.15, 0.2) is 6.67 Å². The average molecular weight is 230 g/mol. The zero-order chi connectivity index (χ0) is 11.7. The lowest BCUT2D eigenvalue weighted by Gasteiger charge is -2.28. The second kappa shape index (κ2) is 4.49. The smallest absolute Gasteiger partial charge is 0.158 e. The molecule has 0 spiro atoms. The molecule has 90 valence electrons. The van der Waals surface area contributed by atoms with Crippen molar-refractivity contribution in [1.29, 1.82) is 0 Å². The van der Waals surface area contributed by atoms with Crippen LogP contribution in [0.5, 0.6) is 0 Å². The van der Waals surface area contributed by atoms with Crippen molar-refractivity contribution in [1.82, 2.24) is 9.55 Å². The highest BCUT2D eigenvalue weighted by molar-refractivity contribution is 5.74. The number of rotatable bonds is 2. The van der Waals surface area contributed by atoms with E-state index in [4.69, 9.17) is 0 Å². The lowest BCUT2D eigenvalue weighted by molar-refractivity contribution is -0.930. The van der Waals surface area contributed by atoms with Gasteiger partial charge < -0.3 is 4.90 Å². The Kier molecular flexibility index (Phi) is 2.85. The van der Waals surface area contributed by atoms with Crippen LogP contribution in [-0.2, 0) is 6.67 Å². The molecule has 1 N–H and O–H groups in total.